The second kappa shape index (κ2) is 12.4. The lowest BCUT2D eigenvalue weighted by atomic mass is 9.93. The highest BCUT2D eigenvalue weighted by Gasteiger charge is 2.47. The predicted octanol–water partition coefficient (Wildman–Crippen LogP) is 5.01. The fourth-order valence-electron chi connectivity index (χ4n) is 8.69. The molecule has 0 bridgehead atoms. The number of fused-ring (bicyclic) bond motifs is 2. The van der Waals surface area contributed by atoms with Gasteiger partial charge in [0.1, 0.15) is 29.3 Å². The van der Waals surface area contributed by atoms with E-state index in [9.17, 15) is 9.90 Å². The van der Waals surface area contributed by atoms with Crippen molar-refractivity contribution in [2.24, 2.45) is 17.3 Å². The molecular weight excluding hydrogens is 604 g/mol. The van der Waals surface area contributed by atoms with Crippen LogP contribution in [0.2, 0.25) is 0 Å². The molecule has 1 saturated carbocycles. The summed E-state index contributed by atoms with van der Waals surface area (Å²) in [5.74, 6) is 2.73. The van der Waals surface area contributed by atoms with Gasteiger partial charge in [-0.1, -0.05) is 18.2 Å². The van der Waals surface area contributed by atoms with E-state index >= 15 is 0 Å². The van der Waals surface area contributed by atoms with Crippen molar-refractivity contribution >= 4 is 22.8 Å². The van der Waals surface area contributed by atoms with Crippen LogP contribution in [0.3, 0.4) is 0 Å². The van der Waals surface area contributed by atoms with Crippen LogP contribution in [-0.2, 0) is 4.79 Å². The second-order valence-electron chi connectivity index (χ2n) is 15.1. The van der Waals surface area contributed by atoms with Gasteiger partial charge in [0.2, 0.25) is 0 Å². The van der Waals surface area contributed by atoms with Crippen LogP contribution in [0.4, 0.5) is 5.82 Å². The molecule has 2 aromatic carbocycles. The fraction of sp³-hybridized carbons (Fsp3) is 0.514. The fourth-order valence-corrected chi connectivity index (χ4v) is 8.69. The largest absolute Gasteiger partial charge is 0.481 e. The molecule has 1 unspecified atom stereocenters. The summed E-state index contributed by atoms with van der Waals surface area (Å²) >= 11 is 0. The number of hydrogen-bond acceptors (Lipinski definition) is 9. The maximum absolute atomic E-state index is 11.6. The molecule has 4 fully saturated rings. The number of nitrogen functional groups attached to an aromatic ring is 1. The minimum Gasteiger partial charge on any atom is -0.481 e. The van der Waals surface area contributed by atoms with Gasteiger partial charge in [0.25, 0.3) is 0 Å². The van der Waals surface area contributed by atoms with E-state index in [0.29, 0.717) is 36.3 Å². The van der Waals surface area contributed by atoms with E-state index in [-0.39, 0.29) is 6.04 Å². The standard InChI is InChI=1S/C37H46N8O3/c1-37(2,36(46)47)22-42-18-25-16-28(17-26(25)19-42)44-20-29(21-44)43-14-12-27(13-15-43)45-35-32(34(38)39-23-40-35)33(41-45)24-8-10-31(11-9-24)48-30-6-4-3-5-7-30/h3-11,23,25-29H,12-22H2,1-2H3,(H,46,47)(H2,38,39,40)/t25-,26+,28?. The van der Waals surface area contributed by atoms with Crippen molar-refractivity contribution in [1.29, 1.82) is 0 Å². The Kier molecular flexibility index (Phi) is 8.09. The summed E-state index contributed by atoms with van der Waals surface area (Å²) in [5.41, 5.74) is 8.31. The minimum absolute atomic E-state index is 0.256. The van der Waals surface area contributed by atoms with Gasteiger partial charge in [0.15, 0.2) is 5.65 Å². The van der Waals surface area contributed by atoms with Gasteiger partial charge in [-0.3, -0.25) is 14.6 Å². The molecule has 252 valence electrons. The van der Waals surface area contributed by atoms with Crippen LogP contribution in [0.1, 0.15) is 45.6 Å². The Morgan fingerprint density at radius 2 is 1.54 bits per heavy atom. The van der Waals surface area contributed by atoms with Crippen LogP contribution < -0.4 is 10.5 Å². The van der Waals surface area contributed by atoms with Gasteiger partial charge >= 0.3 is 5.97 Å². The lowest BCUT2D eigenvalue weighted by molar-refractivity contribution is -0.147. The molecular formula is C37H46N8O3. The Balaban J connectivity index is 0.868. The Bertz CT molecular complexity index is 1750. The first kappa shape index (κ1) is 31.2. The summed E-state index contributed by atoms with van der Waals surface area (Å²) in [6.45, 7) is 10.9. The molecule has 11 nitrogen and oxygen atoms in total. The maximum atomic E-state index is 11.6. The highest BCUT2D eigenvalue weighted by atomic mass is 16.5. The molecule has 1 aliphatic carbocycles. The SMILES string of the molecule is CC(C)(CN1C[C@H]2CC(N3CC(N4CCC(n5nc(-c6ccc(Oc7ccccc7)cc6)c6c(N)ncnc65)CC4)C3)C[C@H]2C1)C(=O)O. The van der Waals surface area contributed by atoms with E-state index in [0.717, 1.165) is 85.9 Å². The molecule has 3 atom stereocenters. The average Bonchev–Trinajstić information content (AvgIpc) is 3.74. The van der Waals surface area contributed by atoms with E-state index in [2.05, 4.69) is 29.3 Å². The normalized spacial score (nSPS) is 24.6. The Morgan fingerprint density at radius 1 is 0.875 bits per heavy atom. The van der Waals surface area contributed by atoms with Crippen molar-refractivity contribution in [3.8, 4) is 22.8 Å². The van der Waals surface area contributed by atoms with Crippen LogP contribution >= 0.6 is 0 Å². The number of carboxylic acids is 1. The number of piperidine rings is 1. The van der Waals surface area contributed by atoms with Gasteiger partial charge in [-0.05, 0) is 87.8 Å². The molecule has 0 amide bonds. The lowest BCUT2D eigenvalue weighted by Crippen LogP contribution is -2.63. The Morgan fingerprint density at radius 3 is 2.21 bits per heavy atom. The summed E-state index contributed by atoms with van der Waals surface area (Å²) < 4.78 is 8.10. The van der Waals surface area contributed by atoms with Crippen molar-refractivity contribution in [2.45, 2.75) is 57.7 Å². The van der Waals surface area contributed by atoms with Gasteiger partial charge in [-0.25, -0.2) is 14.6 Å². The number of carbonyl (C=O) groups is 1. The molecule has 8 rings (SSSR count). The molecule has 3 saturated heterocycles. The third-order valence-electron chi connectivity index (χ3n) is 11.4. The zero-order valence-electron chi connectivity index (χ0n) is 27.9. The number of aromatic nitrogens is 4. The number of hydrogen-bond donors (Lipinski definition) is 2. The maximum Gasteiger partial charge on any atom is 0.310 e. The van der Waals surface area contributed by atoms with Gasteiger partial charge in [-0.2, -0.15) is 5.10 Å². The summed E-state index contributed by atoms with van der Waals surface area (Å²) in [6.07, 6.45) is 6.10. The zero-order chi connectivity index (χ0) is 33.0. The molecule has 4 aliphatic rings. The van der Waals surface area contributed by atoms with Crippen molar-refractivity contribution in [2.75, 3.05) is 51.5 Å². The molecule has 11 heteroatoms. The van der Waals surface area contributed by atoms with Crippen molar-refractivity contribution in [3.05, 3.63) is 60.9 Å². The molecule has 4 aromatic rings. The number of para-hydroxylation sites is 1. The molecule has 0 radical (unpaired) electrons. The Labute approximate surface area is 281 Å². The number of benzene rings is 2. The molecule has 48 heavy (non-hydrogen) atoms. The van der Waals surface area contributed by atoms with Crippen molar-refractivity contribution in [1.82, 2.24) is 34.4 Å². The first-order chi connectivity index (χ1) is 23.2. The number of aliphatic carboxylic acids is 1. The quantitative estimate of drug-likeness (QED) is 0.255. The monoisotopic (exact) mass is 650 g/mol. The summed E-state index contributed by atoms with van der Waals surface area (Å²) in [5, 5.41) is 15.5. The number of nitrogens with two attached hydrogens (primary N) is 1. The van der Waals surface area contributed by atoms with Crippen molar-refractivity contribution in [3.63, 3.8) is 0 Å². The number of rotatable bonds is 9. The second-order valence-corrected chi connectivity index (χ2v) is 15.1. The van der Waals surface area contributed by atoms with Crippen LogP contribution in [-0.4, -0.2) is 103 Å². The van der Waals surface area contributed by atoms with Gasteiger partial charge < -0.3 is 20.5 Å². The molecule has 3 aliphatic heterocycles. The first-order valence-electron chi connectivity index (χ1n) is 17.5. The third-order valence-corrected chi connectivity index (χ3v) is 11.4. The van der Waals surface area contributed by atoms with E-state index in [4.69, 9.17) is 15.6 Å². The number of nitrogens with zero attached hydrogens (tertiary/aromatic N) is 7. The molecule has 3 N–H and O–H groups in total. The Hall–Kier alpha value is -4.06. The van der Waals surface area contributed by atoms with Crippen LogP contribution in [0.5, 0.6) is 11.5 Å². The summed E-state index contributed by atoms with van der Waals surface area (Å²) in [7, 11) is 0. The van der Waals surface area contributed by atoms with E-state index in [1.54, 1.807) is 6.33 Å². The molecule has 5 heterocycles. The van der Waals surface area contributed by atoms with Gasteiger partial charge in [-0.15, -0.1) is 0 Å². The third kappa shape index (κ3) is 5.92. The van der Waals surface area contributed by atoms with Crippen molar-refractivity contribution < 1.29 is 14.6 Å². The number of carboxylic acid groups (broad SMARTS) is 1. The average molecular weight is 651 g/mol. The van der Waals surface area contributed by atoms with Crippen LogP contribution in [0, 0.1) is 17.3 Å². The minimum atomic E-state index is -0.703. The molecule has 2 aromatic heterocycles. The number of likely N-dealkylation sites (tertiary alicyclic amines) is 3. The number of ether oxygens (including phenoxy) is 1. The van der Waals surface area contributed by atoms with Gasteiger partial charge in [0, 0.05) is 63.5 Å². The van der Waals surface area contributed by atoms with E-state index < -0.39 is 11.4 Å². The zero-order valence-corrected chi connectivity index (χ0v) is 27.9. The first-order valence-corrected chi connectivity index (χ1v) is 17.5. The smallest absolute Gasteiger partial charge is 0.310 e. The number of anilines is 1. The highest BCUT2D eigenvalue weighted by Crippen LogP contribution is 2.43. The molecule has 0 spiro atoms. The van der Waals surface area contributed by atoms with E-state index in [1.165, 1.54) is 12.8 Å². The van der Waals surface area contributed by atoms with Crippen LogP contribution in [0.15, 0.2) is 60.9 Å². The predicted molar refractivity (Wildman–Crippen MR) is 185 cm³/mol. The van der Waals surface area contributed by atoms with Crippen LogP contribution in [0.25, 0.3) is 22.3 Å². The topological polar surface area (TPSA) is 126 Å². The van der Waals surface area contributed by atoms with E-state index in [1.807, 2.05) is 68.4 Å². The van der Waals surface area contributed by atoms with Gasteiger partial charge in [0.05, 0.1) is 16.8 Å². The lowest BCUT2D eigenvalue weighted by Gasteiger charge is -2.50. The summed E-state index contributed by atoms with van der Waals surface area (Å²) in [6, 6.07) is 19.3. The highest BCUT2D eigenvalue weighted by molar-refractivity contribution is 5.98. The summed E-state index contributed by atoms with van der Waals surface area (Å²) in [4.78, 5) is 28.4.